The number of nitrogens with zero attached hydrogens (tertiary/aromatic N) is 3. The molecule has 3 nitrogen and oxygen atoms in total. The predicted octanol–water partition coefficient (Wildman–Crippen LogP) is 8.50. The molecule has 0 N–H and O–H groups in total. The fourth-order valence-electron chi connectivity index (χ4n) is 4.19. The molecule has 172 valence electrons. The molecule has 0 bridgehead atoms. The van der Waals surface area contributed by atoms with Gasteiger partial charge in [-0.1, -0.05) is 91.9 Å². The van der Waals surface area contributed by atoms with Crippen molar-refractivity contribution in [1.29, 1.82) is 0 Å². The number of hydrogen-bond acceptors (Lipinski definition) is 1. The van der Waals surface area contributed by atoms with E-state index in [2.05, 4.69) is 114 Å². The molecule has 1 atom stereocenters. The molecule has 4 aromatic carbocycles. The van der Waals surface area contributed by atoms with Crippen LogP contribution in [-0.4, -0.2) is 5.96 Å². The molecule has 0 amide bonds. The van der Waals surface area contributed by atoms with Crippen LogP contribution in [0.3, 0.4) is 0 Å². The first kappa shape index (κ1) is 22.4. The highest BCUT2D eigenvalue weighted by molar-refractivity contribution is 6.14. The van der Waals surface area contributed by atoms with Crippen LogP contribution in [0.1, 0.15) is 13.3 Å². The number of rotatable bonds is 5. The minimum Gasteiger partial charge on any atom is -0.281 e. The molecule has 0 saturated heterocycles. The Morgan fingerprint density at radius 1 is 0.629 bits per heavy atom. The smallest absolute Gasteiger partial charge is 0.220 e. The third kappa shape index (κ3) is 5.25. The number of benzene rings is 4. The van der Waals surface area contributed by atoms with Gasteiger partial charge in [0.15, 0.2) is 0 Å². The van der Waals surface area contributed by atoms with Crippen LogP contribution in [0.15, 0.2) is 150 Å². The van der Waals surface area contributed by atoms with Gasteiger partial charge in [0.1, 0.15) is 0 Å². The lowest BCUT2D eigenvalue weighted by Gasteiger charge is -2.36. The van der Waals surface area contributed by atoms with Gasteiger partial charge in [0.05, 0.1) is 5.69 Å². The van der Waals surface area contributed by atoms with E-state index in [-0.39, 0.29) is 0 Å². The molecular formula is C32H29N3. The molecule has 0 fully saturated rings. The lowest BCUT2D eigenvalue weighted by atomic mass is 10.0. The summed E-state index contributed by atoms with van der Waals surface area (Å²) in [6.07, 6.45) is 7.80. The molecule has 35 heavy (non-hydrogen) atoms. The second kappa shape index (κ2) is 10.7. The van der Waals surface area contributed by atoms with Gasteiger partial charge in [-0.15, -0.1) is 0 Å². The summed E-state index contributed by atoms with van der Waals surface area (Å²) < 4.78 is 0. The molecule has 5 rings (SSSR count). The van der Waals surface area contributed by atoms with Gasteiger partial charge in [-0.3, -0.25) is 9.80 Å². The number of hydrogen-bond donors (Lipinski definition) is 0. The Balaban J connectivity index is 1.77. The number of allylic oxidation sites excluding steroid dienone is 3. The summed E-state index contributed by atoms with van der Waals surface area (Å²) in [6.45, 7) is 2.25. The Kier molecular flexibility index (Phi) is 6.86. The van der Waals surface area contributed by atoms with E-state index in [0.29, 0.717) is 5.92 Å². The summed E-state index contributed by atoms with van der Waals surface area (Å²) in [5.41, 5.74) is 5.16. The van der Waals surface area contributed by atoms with E-state index in [1.54, 1.807) is 0 Å². The molecule has 1 aliphatic rings. The number of anilines is 3. The van der Waals surface area contributed by atoms with Crippen molar-refractivity contribution in [3.8, 4) is 0 Å². The lowest BCUT2D eigenvalue weighted by Crippen LogP contribution is -2.42. The van der Waals surface area contributed by atoms with Crippen molar-refractivity contribution in [1.82, 2.24) is 0 Å². The molecule has 0 radical (unpaired) electrons. The molecule has 1 unspecified atom stereocenters. The highest BCUT2D eigenvalue weighted by Gasteiger charge is 2.26. The topological polar surface area (TPSA) is 18.8 Å². The van der Waals surface area contributed by atoms with Gasteiger partial charge >= 0.3 is 0 Å². The third-order valence-corrected chi connectivity index (χ3v) is 5.98. The second-order valence-corrected chi connectivity index (χ2v) is 8.63. The fourth-order valence-corrected chi connectivity index (χ4v) is 4.19. The monoisotopic (exact) mass is 455 g/mol. The molecule has 0 saturated carbocycles. The van der Waals surface area contributed by atoms with Crippen LogP contribution in [-0.2, 0) is 0 Å². The Labute approximate surface area is 208 Å². The largest absolute Gasteiger partial charge is 0.281 e. The van der Waals surface area contributed by atoms with E-state index in [1.165, 1.54) is 0 Å². The van der Waals surface area contributed by atoms with Gasteiger partial charge in [-0.25, -0.2) is 4.99 Å². The van der Waals surface area contributed by atoms with Crippen LogP contribution < -0.4 is 9.80 Å². The Hall–Kier alpha value is -4.37. The summed E-state index contributed by atoms with van der Waals surface area (Å²) in [4.78, 5) is 9.76. The van der Waals surface area contributed by atoms with Gasteiger partial charge in [-0.2, -0.15) is 0 Å². The molecule has 4 aromatic rings. The van der Waals surface area contributed by atoms with Crippen LogP contribution in [0.25, 0.3) is 0 Å². The van der Waals surface area contributed by atoms with Crippen LogP contribution in [0.5, 0.6) is 0 Å². The van der Waals surface area contributed by atoms with E-state index in [0.717, 1.165) is 40.8 Å². The van der Waals surface area contributed by atoms with Crippen molar-refractivity contribution in [3.05, 3.63) is 145 Å². The normalized spacial score (nSPS) is 15.4. The van der Waals surface area contributed by atoms with Crippen molar-refractivity contribution in [2.45, 2.75) is 13.3 Å². The molecule has 0 heterocycles. The maximum Gasteiger partial charge on any atom is 0.220 e. The fraction of sp³-hybridized carbons (Fsp3) is 0.0938. The average Bonchev–Trinajstić information content (AvgIpc) is 2.92. The van der Waals surface area contributed by atoms with E-state index >= 15 is 0 Å². The van der Waals surface area contributed by atoms with Gasteiger partial charge in [0, 0.05) is 22.8 Å². The lowest BCUT2D eigenvalue weighted by molar-refractivity contribution is 0.729. The highest BCUT2D eigenvalue weighted by Crippen LogP contribution is 2.33. The summed E-state index contributed by atoms with van der Waals surface area (Å²) in [6, 6.07) is 41.5. The SMILES string of the molecule is CC1C=CC(N(/C(=N\c2ccccc2)N(c2ccccc2)c2ccccc2)c2ccccc2)=CC1. The average molecular weight is 456 g/mol. The predicted molar refractivity (Wildman–Crippen MR) is 148 cm³/mol. The maximum atomic E-state index is 5.28. The van der Waals surface area contributed by atoms with Crippen LogP contribution >= 0.6 is 0 Å². The Morgan fingerprint density at radius 2 is 1.09 bits per heavy atom. The summed E-state index contributed by atoms with van der Waals surface area (Å²) in [7, 11) is 0. The number of aliphatic imine (C=N–C) groups is 1. The standard InChI is InChI=1S/C32H29N3/c1-26-22-24-31(25-23-26)35(30-20-12-5-13-21-30)32(33-27-14-6-2-7-15-27)34(28-16-8-3-9-17-28)29-18-10-4-11-19-29/h2-22,24-26H,23H2,1H3/b33-32-. The van der Waals surface area contributed by atoms with Gasteiger partial charge in [0.25, 0.3) is 0 Å². The first-order valence-corrected chi connectivity index (χ1v) is 12.1. The summed E-state index contributed by atoms with van der Waals surface area (Å²) in [5, 5.41) is 0. The van der Waals surface area contributed by atoms with Crippen molar-refractivity contribution >= 4 is 28.7 Å². The van der Waals surface area contributed by atoms with Crippen molar-refractivity contribution < 1.29 is 0 Å². The van der Waals surface area contributed by atoms with Crippen molar-refractivity contribution in [3.63, 3.8) is 0 Å². The quantitative estimate of drug-likeness (QED) is 0.222. The van der Waals surface area contributed by atoms with Gasteiger partial charge in [-0.05, 0) is 66.9 Å². The second-order valence-electron chi connectivity index (χ2n) is 8.63. The van der Waals surface area contributed by atoms with Gasteiger partial charge in [0.2, 0.25) is 5.96 Å². The first-order valence-electron chi connectivity index (χ1n) is 12.1. The minimum atomic E-state index is 0.519. The van der Waals surface area contributed by atoms with E-state index in [4.69, 9.17) is 4.99 Å². The van der Waals surface area contributed by atoms with Crippen LogP contribution in [0.4, 0.5) is 22.7 Å². The van der Waals surface area contributed by atoms with E-state index in [1.807, 2.05) is 42.5 Å². The van der Waals surface area contributed by atoms with E-state index < -0.39 is 0 Å². The number of guanidine groups is 1. The molecule has 1 aliphatic carbocycles. The van der Waals surface area contributed by atoms with Crippen LogP contribution in [0.2, 0.25) is 0 Å². The molecule has 0 spiro atoms. The zero-order valence-electron chi connectivity index (χ0n) is 19.9. The van der Waals surface area contributed by atoms with Crippen molar-refractivity contribution in [2.75, 3.05) is 9.80 Å². The van der Waals surface area contributed by atoms with Crippen molar-refractivity contribution in [2.24, 2.45) is 10.9 Å². The molecular weight excluding hydrogens is 426 g/mol. The van der Waals surface area contributed by atoms with Gasteiger partial charge < -0.3 is 0 Å². The zero-order chi connectivity index (χ0) is 23.9. The first-order chi connectivity index (χ1) is 17.3. The molecule has 3 heteroatoms. The zero-order valence-corrected chi connectivity index (χ0v) is 19.9. The highest BCUT2D eigenvalue weighted by atomic mass is 15.4. The maximum absolute atomic E-state index is 5.28. The van der Waals surface area contributed by atoms with E-state index in [9.17, 15) is 0 Å². The minimum absolute atomic E-state index is 0.519. The molecule has 0 aliphatic heterocycles. The summed E-state index contributed by atoms with van der Waals surface area (Å²) in [5.74, 6) is 1.33. The molecule has 0 aromatic heterocycles. The summed E-state index contributed by atoms with van der Waals surface area (Å²) >= 11 is 0. The number of para-hydroxylation sites is 4. The third-order valence-electron chi connectivity index (χ3n) is 5.98. The Morgan fingerprint density at radius 3 is 1.54 bits per heavy atom. The van der Waals surface area contributed by atoms with Crippen LogP contribution in [0, 0.1) is 5.92 Å². The Bertz CT molecular complexity index is 1270.